The molecule has 2 aromatic rings. The number of ether oxygens (including phenoxy) is 2. The topological polar surface area (TPSA) is 166 Å². The number of ketones is 4. The lowest BCUT2D eigenvalue weighted by Gasteiger charge is -2.19. The molecule has 0 unspecified atom stereocenters. The first-order chi connectivity index (χ1) is 18.3. The standard InChI is InChI=1S/C25H27N7O6/c1-32(8-4-6-26-24-18-20(28-12-30-24)14(33)10-16(37-2)22(18)35)9-5-7-27-25-19-21(29-13-31-25)15(34)11-17(38-3)23(19)36/h10-13H,4-9H2,1-3H3,(H,26,28,30)(H,27,29,31). The number of carbonyl (C=O) groups is 4. The summed E-state index contributed by atoms with van der Waals surface area (Å²) in [6.07, 6.45) is 6.27. The normalized spacial score (nSPS) is 14.5. The van der Waals surface area contributed by atoms with Crippen LogP contribution in [0.25, 0.3) is 0 Å². The smallest absolute Gasteiger partial charge is 0.233 e. The third kappa shape index (κ3) is 5.42. The Morgan fingerprint density at radius 3 is 1.53 bits per heavy atom. The molecule has 38 heavy (non-hydrogen) atoms. The maximum Gasteiger partial charge on any atom is 0.233 e. The van der Waals surface area contributed by atoms with Gasteiger partial charge in [0.2, 0.25) is 23.1 Å². The molecule has 0 atom stereocenters. The number of nitrogens with one attached hydrogen (secondary N) is 2. The summed E-state index contributed by atoms with van der Waals surface area (Å²) in [7, 11) is 4.65. The minimum Gasteiger partial charge on any atom is -0.492 e. The number of allylic oxidation sites excluding steroid dienone is 4. The molecule has 2 aromatic heterocycles. The van der Waals surface area contributed by atoms with Gasteiger partial charge in [0, 0.05) is 25.2 Å². The second kappa shape index (κ2) is 11.7. The maximum atomic E-state index is 12.6. The molecule has 2 aliphatic carbocycles. The lowest BCUT2D eigenvalue weighted by atomic mass is 9.98. The fourth-order valence-electron chi connectivity index (χ4n) is 4.12. The minimum atomic E-state index is -0.430. The number of hydrogen-bond acceptors (Lipinski definition) is 13. The zero-order valence-corrected chi connectivity index (χ0v) is 21.2. The number of Topliss-reactive ketones (excluding diaryl/α,β-unsaturated/α-hetero) is 2. The predicted molar refractivity (Wildman–Crippen MR) is 135 cm³/mol. The van der Waals surface area contributed by atoms with Crippen LogP contribution in [0.5, 0.6) is 0 Å². The van der Waals surface area contributed by atoms with E-state index in [0.29, 0.717) is 24.7 Å². The molecule has 0 amide bonds. The molecule has 4 rings (SSSR count). The van der Waals surface area contributed by atoms with Gasteiger partial charge in [0.1, 0.15) is 35.7 Å². The fourth-order valence-corrected chi connectivity index (χ4v) is 4.12. The highest BCUT2D eigenvalue weighted by atomic mass is 16.5. The van der Waals surface area contributed by atoms with Crippen LogP contribution in [0, 0.1) is 0 Å². The zero-order chi connectivity index (χ0) is 27.2. The number of fused-ring (bicyclic) bond motifs is 2. The van der Waals surface area contributed by atoms with Crippen LogP contribution in [0.15, 0.2) is 36.3 Å². The van der Waals surface area contributed by atoms with Gasteiger partial charge in [-0.05, 0) is 33.0 Å². The molecular weight excluding hydrogens is 494 g/mol. The Morgan fingerprint density at radius 2 is 1.13 bits per heavy atom. The fraction of sp³-hybridized carbons (Fsp3) is 0.360. The van der Waals surface area contributed by atoms with E-state index in [1.165, 1.54) is 26.9 Å². The predicted octanol–water partition coefficient (Wildman–Crippen LogP) is 1.32. The van der Waals surface area contributed by atoms with Crippen molar-refractivity contribution in [2.45, 2.75) is 12.8 Å². The first-order valence-corrected chi connectivity index (χ1v) is 11.9. The van der Waals surface area contributed by atoms with Crippen molar-refractivity contribution in [2.75, 3.05) is 58.1 Å². The molecule has 0 radical (unpaired) electrons. The molecule has 0 spiro atoms. The van der Waals surface area contributed by atoms with Crippen LogP contribution in [-0.4, -0.2) is 95.4 Å². The second-order valence-electron chi connectivity index (χ2n) is 8.57. The van der Waals surface area contributed by atoms with Crippen molar-refractivity contribution in [1.29, 1.82) is 0 Å². The van der Waals surface area contributed by atoms with E-state index in [0.717, 1.165) is 38.1 Å². The molecule has 198 valence electrons. The van der Waals surface area contributed by atoms with E-state index in [1.54, 1.807) is 0 Å². The molecule has 2 aliphatic rings. The Morgan fingerprint density at radius 1 is 0.711 bits per heavy atom. The average molecular weight is 522 g/mol. The number of nitrogens with zero attached hydrogens (tertiary/aromatic N) is 5. The van der Waals surface area contributed by atoms with Crippen molar-refractivity contribution in [3.05, 3.63) is 58.8 Å². The van der Waals surface area contributed by atoms with Gasteiger partial charge in [0.05, 0.1) is 25.3 Å². The van der Waals surface area contributed by atoms with Crippen molar-refractivity contribution in [3.8, 4) is 0 Å². The van der Waals surface area contributed by atoms with Gasteiger partial charge in [-0.1, -0.05) is 0 Å². The Bertz CT molecular complexity index is 1250. The number of rotatable bonds is 12. The van der Waals surface area contributed by atoms with Crippen molar-refractivity contribution < 1.29 is 28.7 Å². The molecule has 0 aliphatic heterocycles. The van der Waals surface area contributed by atoms with Crippen molar-refractivity contribution in [3.63, 3.8) is 0 Å². The van der Waals surface area contributed by atoms with Gasteiger partial charge < -0.3 is 25.0 Å². The molecule has 13 heteroatoms. The molecule has 2 heterocycles. The lowest BCUT2D eigenvalue weighted by molar-refractivity contribution is 0.0913. The zero-order valence-electron chi connectivity index (χ0n) is 21.2. The van der Waals surface area contributed by atoms with Crippen LogP contribution in [0.4, 0.5) is 11.6 Å². The number of anilines is 2. The van der Waals surface area contributed by atoms with Gasteiger partial charge in [-0.2, -0.15) is 0 Å². The van der Waals surface area contributed by atoms with Gasteiger partial charge in [0.15, 0.2) is 11.5 Å². The number of carbonyl (C=O) groups excluding carboxylic acids is 4. The summed E-state index contributed by atoms with van der Waals surface area (Å²) in [6, 6.07) is 0. The van der Waals surface area contributed by atoms with Crippen molar-refractivity contribution in [2.24, 2.45) is 0 Å². The summed E-state index contributed by atoms with van der Waals surface area (Å²) < 4.78 is 10.0. The SMILES string of the molecule is COC1=CC(=O)c2ncnc(NCCCN(C)CCCNc3ncnc4c3C(=O)C(OC)=CC4=O)c2C1=O. The lowest BCUT2D eigenvalue weighted by Crippen LogP contribution is -2.26. The Hall–Kier alpha value is -4.52. The van der Waals surface area contributed by atoms with Crippen LogP contribution >= 0.6 is 0 Å². The van der Waals surface area contributed by atoms with Gasteiger partial charge in [-0.25, -0.2) is 19.9 Å². The van der Waals surface area contributed by atoms with Crippen LogP contribution in [0.2, 0.25) is 0 Å². The van der Waals surface area contributed by atoms with E-state index in [1.807, 2.05) is 7.05 Å². The molecule has 13 nitrogen and oxygen atoms in total. The summed E-state index contributed by atoms with van der Waals surface area (Å²) in [5.74, 6) is -1.13. The van der Waals surface area contributed by atoms with Crippen molar-refractivity contribution in [1.82, 2.24) is 24.8 Å². The number of aromatic nitrogens is 4. The highest BCUT2D eigenvalue weighted by molar-refractivity contribution is 6.25. The molecule has 2 N–H and O–H groups in total. The molecule has 0 saturated heterocycles. The Labute approximate surface area is 218 Å². The monoisotopic (exact) mass is 521 g/mol. The molecule has 0 bridgehead atoms. The molecular formula is C25H27N7O6. The van der Waals surface area contributed by atoms with Crippen molar-refractivity contribution >= 4 is 34.8 Å². The average Bonchev–Trinajstić information content (AvgIpc) is 2.92. The first kappa shape index (κ1) is 26.5. The maximum absolute atomic E-state index is 12.6. The molecule has 0 saturated carbocycles. The van der Waals surface area contributed by atoms with E-state index in [4.69, 9.17) is 9.47 Å². The molecule has 0 fully saturated rings. The minimum absolute atomic E-state index is 0.0391. The van der Waals surface area contributed by atoms with Crippen LogP contribution in [0.1, 0.15) is 54.5 Å². The Balaban J connectivity index is 1.23. The van der Waals surface area contributed by atoms with Gasteiger partial charge in [-0.15, -0.1) is 0 Å². The summed E-state index contributed by atoms with van der Waals surface area (Å²) >= 11 is 0. The van der Waals surface area contributed by atoms with E-state index in [9.17, 15) is 19.2 Å². The van der Waals surface area contributed by atoms with Gasteiger partial charge >= 0.3 is 0 Å². The van der Waals surface area contributed by atoms with E-state index in [2.05, 4.69) is 35.5 Å². The highest BCUT2D eigenvalue weighted by Gasteiger charge is 2.32. The van der Waals surface area contributed by atoms with Crippen LogP contribution < -0.4 is 10.6 Å². The third-order valence-electron chi connectivity index (χ3n) is 6.05. The summed E-state index contributed by atoms with van der Waals surface area (Å²) in [4.78, 5) is 68.0. The molecule has 0 aromatic carbocycles. The summed E-state index contributed by atoms with van der Waals surface area (Å²) in [5.41, 5.74) is 0.361. The number of methoxy groups -OCH3 is 2. The largest absolute Gasteiger partial charge is 0.492 e. The summed E-state index contributed by atoms with van der Waals surface area (Å²) in [5, 5.41) is 6.25. The van der Waals surface area contributed by atoms with Crippen LogP contribution in [-0.2, 0) is 9.47 Å². The van der Waals surface area contributed by atoms with E-state index < -0.39 is 23.1 Å². The number of hydrogen-bond donors (Lipinski definition) is 2. The third-order valence-corrected chi connectivity index (χ3v) is 6.05. The van der Waals surface area contributed by atoms with Gasteiger partial charge in [-0.3, -0.25) is 19.2 Å². The van der Waals surface area contributed by atoms with Gasteiger partial charge in [0.25, 0.3) is 0 Å². The van der Waals surface area contributed by atoms with E-state index >= 15 is 0 Å². The van der Waals surface area contributed by atoms with Crippen LogP contribution in [0.3, 0.4) is 0 Å². The Kier molecular flexibility index (Phi) is 8.16. The summed E-state index contributed by atoms with van der Waals surface area (Å²) in [6.45, 7) is 2.57. The highest BCUT2D eigenvalue weighted by Crippen LogP contribution is 2.26. The van der Waals surface area contributed by atoms with E-state index in [-0.39, 0.29) is 34.0 Å². The quantitative estimate of drug-likeness (QED) is 0.384. The first-order valence-electron chi connectivity index (χ1n) is 11.9. The second-order valence-corrected chi connectivity index (χ2v) is 8.57.